The van der Waals surface area contributed by atoms with Gasteiger partial charge in [0.1, 0.15) is 0 Å². The topological polar surface area (TPSA) is 35.5 Å². The number of benzene rings is 2. The first kappa shape index (κ1) is 15.8. The third-order valence-corrected chi connectivity index (χ3v) is 3.57. The molecule has 0 bridgehead atoms. The van der Waals surface area contributed by atoms with Crippen molar-refractivity contribution < 1.29 is 5.11 Å². The zero-order valence-corrected chi connectivity index (χ0v) is 13.0. The minimum absolute atomic E-state index is 0.119. The number of hydrogen-bond acceptors (Lipinski definition) is 3. The summed E-state index contributed by atoms with van der Waals surface area (Å²) in [6.07, 6.45) is 0. The summed E-state index contributed by atoms with van der Waals surface area (Å²) in [6.45, 7) is 2.22. The van der Waals surface area contributed by atoms with E-state index in [4.69, 9.17) is 11.6 Å². The Bertz CT molecular complexity index is 560. The van der Waals surface area contributed by atoms with Crippen molar-refractivity contribution in [3.8, 4) is 0 Å². The monoisotopic (exact) mass is 304 g/mol. The molecule has 0 atom stereocenters. The fraction of sp³-hybridized carbons (Fsp3) is 0.294. The van der Waals surface area contributed by atoms with Crippen LogP contribution in [0.5, 0.6) is 0 Å². The highest BCUT2D eigenvalue weighted by atomic mass is 35.5. The van der Waals surface area contributed by atoms with Gasteiger partial charge >= 0.3 is 0 Å². The van der Waals surface area contributed by atoms with Crippen molar-refractivity contribution in [3.05, 3.63) is 64.7 Å². The predicted octanol–water partition coefficient (Wildman–Crippen LogP) is 3.06. The van der Waals surface area contributed by atoms with Crippen LogP contribution in [0.1, 0.15) is 11.1 Å². The largest absolute Gasteiger partial charge is 0.395 e. The minimum atomic E-state index is 0.119. The van der Waals surface area contributed by atoms with Gasteiger partial charge in [0.05, 0.1) is 6.61 Å². The highest BCUT2D eigenvalue weighted by Crippen LogP contribution is 2.25. The summed E-state index contributed by atoms with van der Waals surface area (Å²) in [4.78, 5) is 2.18. The molecule has 2 N–H and O–H groups in total. The molecule has 4 heteroatoms. The first-order chi connectivity index (χ1) is 10.2. The van der Waals surface area contributed by atoms with E-state index in [9.17, 15) is 5.11 Å². The Morgan fingerprint density at radius 2 is 1.90 bits per heavy atom. The SMILES string of the molecule is CNCc1cc(Cl)ccc1N(CCO)Cc1ccccc1. The van der Waals surface area contributed by atoms with Crippen LogP contribution in [0.15, 0.2) is 48.5 Å². The minimum Gasteiger partial charge on any atom is -0.395 e. The van der Waals surface area contributed by atoms with Crippen molar-refractivity contribution in [2.75, 3.05) is 25.1 Å². The standard InChI is InChI=1S/C17H21ClN2O/c1-19-12-15-11-16(18)7-8-17(15)20(9-10-21)13-14-5-3-2-4-6-14/h2-8,11,19,21H,9-10,12-13H2,1H3. The van der Waals surface area contributed by atoms with Gasteiger partial charge in [0.25, 0.3) is 0 Å². The Hall–Kier alpha value is -1.55. The van der Waals surface area contributed by atoms with E-state index in [0.29, 0.717) is 6.54 Å². The molecule has 21 heavy (non-hydrogen) atoms. The van der Waals surface area contributed by atoms with Crippen LogP contribution in [-0.4, -0.2) is 25.3 Å². The molecule has 0 aliphatic carbocycles. The van der Waals surface area contributed by atoms with Gasteiger partial charge in [-0.2, -0.15) is 0 Å². The van der Waals surface area contributed by atoms with Crippen molar-refractivity contribution in [3.63, 3.8) is 0 Å². The first-order valence-electron chi connectivity index (χ1n) is 7.07. The summed E-state index contributed by atoms with van der Waals surface area (Å²) >= 11 is 6.10. The summed E-state index contributed by atoms with van der Waals surface area (Å²) in [5.74, 6) is 0. The lowest BCUT2D eigenvalue weighted by Gasteiger charge is -2.27. The molecule has 0 amide bonds. The summed E-state index contributed by atoms with van der Waals surface area (Å²) in [7, 11) is 1.91. The molecule has 0 aliphatic heterocycles. The quantitative estimate of drug-likeness (QED) is 0.825. The number of halogens is 1. The average molecular weight is 305 g/mol. The first-order valence-corrected chi connectivity index (χ1v) is 7.45. The summed E-state index contributed by atoms with van der Waals surface area (Å²) < 4.78 is 0. The molecule has 0 aromatic heterocycles. The van der Waals surface area contributed by atoms with E-state index in [2.05, 4.69) is 22.3 Å². The van der Waals surface area contributed by atoms with Crippen LogP contribution in [0.4, 0.5) is 5.69 Å². The van der Waals surface area contributed by atoms with Crippen molar-refractivity contribution in [2.24, 2.45) is 0 Å². The number of aliphatic hydroxyl groups is 1. The van der Waals surface area contributed by atoms with E-state index in [1.165, 1.54) is 5.56 Å². The number of hydrogen-bond donors (Lipinski definition) is 2. The fourth-order valence-corrected chi connectivity index (χ4v) is 2.60. The van der Waals surface area contributed by atoms with Crippen molar-refractivity contribution in [1.82, 2.24) is 5.32 Å². The number of nitrogens with one attached hydrogen (secondary N) is 1. The smallest absolute Gasteiger partial charge is 0.0606 e. The maximum absolute atomic E-state index is 9.37. The van der Waals surface area contributed by atoms with Gasteiger partial charge < -0.3 is 15.3 Å². The van der Waals surface area contributed by atoms with Gasteiger partial charge in [-0.25, -0.2) is 0 Å². The second-order valence-electron chi connectivity index (χ2n) is 4.93. The van der Waals surface area contributed by atoms with E-state index < -0.39 is 0 Å². The van der Waals surface area contributed by atoms with Crippen molar-refractivity contribution in [2.45, 2.75) is 13.1 Å². The highest BCUT2D eigenvalue weighted by molar-refractivity contribution is 6.30. The summed E-state index contributed by atoms with van der Waals surface area (Å²) in [6, 6.07) is 16.2. The van der Waals surface area contributed by atoms with Crippen molar-refractivity contribution >= 4 is 17.3 Å². The maximum atomic E-state index is 9.37. The van der Waals surface area contributed by atoms with Gasteiger partial charge in [0, 0.05) is 30.3 Å². The van der Waals surface area contributed by atoms with E-state index in [-0.39, 0.29) is 6.61 Å². The summed E-state index contributed by atoms with van der Waals surface area (Å²) in [5.41, 5.74) is 3.46. The Morgan fingerprint density at radius 1 is 1.14 bits per heavy atom. The van der Waals surface area contributed by atoms with Gasteiger partial charge in [0.2, 0.25) is 0 Å². The van der Waals surface area contributed by atoms with Gasteiger partial charge in [0.15, 0.2) is 0 Å². The molecule has 0 saturated carbocycles. The van der Waals surface area contributed by atoms with E-state index in [0.717, 1.165) is 29.4 Å². The lowest BCUT2D eigenvalue weighted by atomic mass is 10.1. The number of nitrogens with zero attached hydrogens (tertiary/aromatic N) is 1. The third kappa shape index (κ3) is 4.46. The van der Waals surface area contributed by atoms with E-state index >= 15 is 0 Å². The maximum Gasteiger partial charge on any atom is 0.0606 e. The number of aliphatic hydroxyl groups excluding tert-OH is 1. The van der Waals surface area contributed by atoms with Crippen LogP contribution in [-0.2, 0) is 13.1 Å². The second-order valence-corrected chi connectivity index (χ2v) is 5.37. The number of rotatable bonds is 7. The Labute approximate surface area is 131 Å². The van der Waals surface area contributed by atoms with E-state index in [1.807, 2.05) is 43.4 Å². The second kappa shape index (κ2) is 8.03. The average Bonchev–Trinajstić information content (AvgIpc) is 2.49. The molecule has 0 fully saturated rings. The predicted molar refractivity (Wildman–Crippen MR) is 88.8 cm³/mol. The highest BCUT2D eigenvalue weighted by Gasteiger charge is 2.12. The molecular formula is C17H21ClN2O. The normalized spacial score (nSPS) is 10.6. The van der Waals surface area contributed by atoms with Crippen LogP contribution < -0.4 is 10.2 Å². The molecule has 0 unspecified atom stereocenters. The summed E-state index contributed by atoms with van der Waals surface area (Å²) in [5, 5.41) is 13.3. The van der Waals surface area contributed by atoms with Gasteiger partial charge in [-0.05, 0) is 36.4 Å². The molecule has 0 heterocycles. The fourth-order valence-electron chi connectivity index (χ4n) is 2.40. The Kier molecular flexibility index (Phi) is 6.05. The van der Waals surface area contributed by atoms with Gasteiger partial charge in [-0.15, -0.1) is 0 Å². The molecule has 112 valence electrons. The lowest BCUT2D eigenvalue weighted by Crippen LogP contribution is -2.27. The zero-order valence-electron chi connectivity index (χ0n) is 12.2. The molecule has 2 aromatic carbocycles. The molecule has 0 radical (unpaired) electrons. The molecule has 0 spiro atoms. The van der Waals surface area contributed by atoms with Crippen LogP contribution in [0.3, 0.4) is 0 Å². The van der Waals surface area contributed by atoms with Crippen LogP contribution in [0.25, 0.3) is 0 Å². The third-order valence-electron chi connectivity index (χ3n) is 3.34. The Morgan fingerprint density at radius 3 is 2.57 bits per heavy atom. The number of anilines is 1. The molecule has 0 saturated heterocycles. The molecule has 2 rings (SSSR count). The molecule has 2 aromatic rings. The van der Waals surface area contributed by atoms with E-state index in [1.54, 1.807) is 0 Å². The zero-order chi connectivity index (χ0) is 15.1. The van der Waals surface area contributed by atoms with Gasteiger partial charge in [-0.1, -0.05) is 41.9 Å². The van der Waals surface area contributed by atoms with Crippen LogP contribution >= 0.6 is 11.6 Å². The van der Waals surface area contributed by atoms with Crippen LogP contribution in [0, 0.1) is 0 Å². The van der Waals surface area contributed by atoms with Gasteiger partial charge in [-0.3, -0.25) is 0 Å². The molecule has 3 nitrogen and oxygen atoms in total. The van der Waals surface area contributed by atoms with Crippen molar-refractivity contribution in [1.29, 1.82) is 0 Å². The van der Waals surface area contributed by atoms with Crippen LogP contribution in [0.2, 0.25) is 5.02 Å². The molecule has 0 aliphatic rings. The Balaban J connectivity index is 2.29. The lowest BCUT2D eigenvalue weighted by molar-refractivity contribution is 0.301. The molecular weight excluding hydrogens is 284 g/mol.